The molecule has 0 saturated carbocycles. The van der Waals surface area contributed by atoms with Gasteiger partial charge in [-0.2, -0.15) is 18.2 Å². The number of furan rings is 1. The lowest BCUT2D eigenvalue weighted by Gasteiger charge is -2.22. The lowest BCUT2D eigenvalue weighted by atomic mass is 10.1. The third-order valence-electron chi connectivity index (χ3n) is 4.27. The SMILES string of the molecule is COCCCC(=O)N(Cc1ccc(-c2noc(C(F)(F)F)n2)cc1)Cc1ccco1. The van der Waals surface area contributed by atoms with E-state index in [1.165, 1.54) is 6.26 Å². The predicted octanol–water partition coefficient (Wildman–Crippen LogP) is 4.30. The Kier molecular flexibility index (Phi) is 6.88. The maximum atomic E-state index is 12.6. The van der Waals surface area contributed by atoms with Gasteiger partial charge in [0.05, 0.1) is 12.8 Å². The number of carbonyl (C=O) groups is 1. The van der Waals surface area contributed by atoms with Crippen molar-refractivity contribution in [1.29, 1.82) is 0 Å². The number of methoxy groups -OCH3 is 1. The normalized spacial score (nSPS) is 11.6. The van der Waals surface area contributed by atoms with Crippen LogP contribution in [0.25, 0.3) is 11.4 Å². The van der Waals surface area contributed by atoms with Gasteiger partial charge in [0.25, 0.3) is 0 Å². The minimum absolute atomic E-state index is 0.0551. The van der Waals surface area contributed by atoms with Crippen LogP contribution in [0.1, 0.15) is 30.1 Å². The van der Waals surface area contributed by atoms with E-state index in [9.17, 15) is 18.0 Å². The van der Waals surface area contributed by atoms with Gasteiger partial charge in [-0.1, -0.05) is 29.4 Å². The van der Waals surface area contributed by atoms with E-state index < -0.39 is 12.1 Å². The third kappa shape index (κ3) is 5.69. The van der Waals surface area contributed by atoms with E-state index in [0.29, 0.717) is 43.9 Å². The molecule has 0 spiro atoms. The first-order valence-electron chi connectivity index (χ1n) is 9.16. The second-order valence-electron chi connectivity index (χ2n) is 6.54. The maximum absolute atomic E-state index is 12.6. The second kappa shape index (κ2) is 9.57. The molecule has 0 aliphatic rings. The molecule has 0 bridgehead atoms. The van der Waals surface area contributed by atoms with E-state index in [0.717, 1.165) is 5.56 Å². The summed E-state index contributed by atoms with van der Waals surface area (Å²) in [6.07, 6.45) is -2.23. The highest BCUT2D eigenvalue weighted by Gasteiger charge is 2.38. The number of aromatic nitrogens is 2. The smallest absolute Gasteiger partial charge is 0.467 e. The van der Waals surface area contributed by atoms with Gasteiger partial charge < -0.3 is 18.6 Å². The van der Waals surface area contributed by atoms with Gasteiger partial charge in [-0.25, -0.2) is 0 Å². The summed E-state index contributed by atoms with van der Waals surface area (Å²) in [6.45, 7) is 1.10. The molecule has 0 fully saturated rings. The number of hydrogen-bond acceptors (Lipinski definition) is 6. The van der Waals surface area contributed by atoms with Crippen LogP contribution in [0.15, 0.2) is 51.6 Å². The van der Waals surface area contributed by atoms with Crippen LogP contribution in [-0.2, 0) is 28.8 Å². The van der Waals surface area contributed by atoms with E-state index in [2.05, 4.69) is 14.7 Å². The monoisotopic (exact) mass is 423 g/mol. The van der Waals surface area contributed by atoms with Crippen LogP contribution in [-0.4, -0.2) is 34.7 Å². The standard InChI is InChI=1S/C20H20F3N3O4/c1-28-10-3-5-17(27)26(13-16-4-2-11-29-16)12-14-6-8-15(9-7-14)18-24-19(30-25-18)20(21,22)23/h2,4,6-9,11H,3,5,10,12-13H2,1H3. The second-order valence-corrected chi connectivity index (χ2v) is 6.54. The molecule has 30 heavy (non-hydrogen) atoms. The first-order valence-corrected chi connectivity index (χ1v) is 9.16. The fraction of sp³-hybridized carbons (Fsp3) is 0.350. The summed E-state index contributed by atoms with van der Waals surface area (Å²) in [6, 6.07) is 10.1. The molecule has 3 aromatic rings. The molecular weight excluding hydrogens is 403 g/mol. The minimum atomic E-state index is -4.69. The van der Waals surface area contributed by atoms with E-state index in [4.69, 9.17) is 9.15 Å². The van der Waals surface area contributed by atoms with Gasteiger partial charge in [0.2, 0.25) is 11.7 Å². The Hall–Kier alpha value is -3.14. The first-order chi connectivity index (χ1) is 14.4. The molecule has 1 aromatic carbocycles. The van der Waals surface area contributed by atoms with Crippen LogP contribution in [0, 0.1) is 0 Å². The summed E-state index contributed by atoms with van der Waals surface area (Å²) >= 11 is 0. The zero-order valence-electron chi connectivity index (χ0n) is 16.2. The van der Waals surface area contributed by atoms with Crippen molar-refractivity contribution in [3.8, 4) is 11.4 Å². The number of ether oxygens (including phenoxy) is 1. The number of rotatable bonds is 9. The fourth-order valence-corrected chi connectivity index (χ4v) is 2.78. The number of amides is 1. The Labute approximate surface area is 170 Å². The number of nitrogens with zero attached hydrogens (tertiary/aromatic N) is 3. The van der Waals surface area contributed by atoms with Crippen molar-refractivity contribution in [1.82, 2.24) is 15.0 Å². The molecule has 2 heterocycles. The zero-order valence-corrected chi connectivity index (χ0v) is 16.2. The molecule has 7 nitrogen and oxygen atoms in total. The minimum Gasteiger partial charge on any atom is -0.467 e. The van der Waals surface area contributed by atoms with Crippen LogP contribution in [0.3, 0.4) is 0 Å². The van der Waals surface area contributed by atoms with Crippen molar-refractivity contribution in [2.75, 3.05) is 13.7 Å². The molecule has 3 rings (SSSR count). The quantitative estimate of drug-likeness (QED) is 0.477. The Morgan fingerprint density at radius 2 is 1.93 bits per heavy atom. The summed E-state index contributed by atoms with van der Waals surface area (Å²) < 4.78 is 52.5. The largest absolute Gasteiger partial charge is 0.471 e. The van der Waals surface area contributed by atoms with Gasteiger partial charge in [0.1, 0.15) is 5.76 Å². The molecule has 1 amide bonds. The van der Waals surface area contributed by atoms with Crippen LogP contribution < -0.4 is 0 Å². The van der Waals surface area contributed by atoms with Crippen molar-refractivity contribution < 1.29 is 31.6 Å². The highest BCUT2D eigenvalue weighted by molar-refractivity contribution is 5.76. The van der Waals surface area contributed by atoms with Gasteiger partial charge in [-0.05, 0) is 24.1 Å². The van der Waals surface area contributed by atoms with Crippen molar-refractivity contribution >= 4 is 5.91 Å². The van der Waals surface area contributed by atoms with Crippen LogP contribution in [0.5, 0.6) is 0 Å². The van der Waals surface area contributed by atoms with Gasteiger partial charge in [-0.3, -0.25) is 4.79 Å². The van der Waals surface area contributed by atoms with Gasteiger partial charge in [-0.15, -0.1) is 0 Å². The lowest BCUT2D eigenvalue weighted by Crippen LogP contribution is -2.30. The van der Waals surface area contributed by atoms with Crippen LogP contribution in [0.4, 0.5) is 13.2 Å². The summed E-state index contributed by atoms with van der Waals surface area (Å²) in [5.41, 5.74) is 1.17. The average molecular weight is 423 g/mol. The van der Waals surface area contributed by atoms with Gasteiger partial charge in [0, 0.05) is 32.2 Å². The Balaban J connectivity index is 1.70. The maximum Gasteiger partial charge on any atom is 0.471 e. The van der Waals surface area contributed by atoms with Crippen molar-refractivity contribution in [2.24, 2.45) is 0 Å². The van der Waals surface area contributed by atoms with Gasteiger partial charge in [0.15, 0.2) is 0 Å². The molecule has 0 N–H and O–H groups in total. The molecule has 0 atom stereocenters. The van der Waals surface area contributed by atoms with E-state index >= 15 is 0 Å². The molecule has 10 heteroatoms. The summed E-state index contributed by atoms with van der Waals surface area (Å²) in [4.78, 5) is 17.6. The van der Waals surface area contributed by atoms with E-state index in [1.54, 1.807) is 48.4 Å². The molecule has 0 aliphatic carbocycles. The zero-order chi connectivity index (χ0) is 21.6. The molecular formula is C20H20F3N3O4. The first kappa shape index (κ1) is 21.6. The Morgan fingerprint density at radius 3 is 2.53 bits per heavy atom. The molecule has 160 valence electrons. The summed E-state index contributed by atoms with van der Waals surface area (Å²) in [5.74, 6) is -0.955. The van der Waals surface area contributed by atoms with Gasteiger partial charge >= 0.3 is 12.1 Å². The number of alkyl halides is 3. The highest BCUT2D eigenvalue weighted by Crippen LogP contribution is 2.29. The number of halogens is 3. The molecule has 0 radical (unpaired) electrons. The number of hydrogen-bond donors (Lipinski definition) is 0. The predicted molar refractivity (Wildman–Crippen MR) is 98.8 cm³/mol. The van der Waals surface area contributed by atoms with Crippen LogP contribution in [0.2, 0.25) is 0 Å². The van der Waals surface area contributed by atoms with Crippen molar-refractivity contribution in [3.63, 3.8) is 0 Å². The number of benzene rings is 1. The average Bonchev–Trinajstić information content (AvgIpc) is 3.40. The summed E-state index contributed by atoms with van der Waals surface area (Å²) in [5, 5.41) is 3.37. The molecule has 0 saturated heterocycles. The highest BCUT2D eigenvalue weighted by atomic mass is 19.4. The fourth-order valence-electron chi connectivity index (χ4n) is 2.78. The number of carbonyl (C=O) groups excluding carboxylic acids is 1. The molecule has 0 unspecified atom stereocenters. The van der Waals surface area contributed by atoms with E-state index in [1.807, 2.05) is 0 Å². The third-order valence-corrected chi connectivity index (χ3v) is 4.27. The van der Waals surface area contributed by atoms with Crippen molar-refractivity contribution in [3.05, 3.63) is 59.9 Å². The topological polar surface area (TPSA) is 81.6 Å². The Morgan fingerprint density at radius 1 is 1.17 bits per heavy atom. The molecule has 0 aliphatic heterocycles. The Bertz CT molecular complexity index is 937. The molecule has 2 aromatic heterocycles. The summed E-state index contributed by atoms with van der Waals surface area (Å²) in [7, 11) is 1.58. The van der Waals surface area contributed by atoms with Crippen molar-refractivity contribution in [2.45, 2.75) is 32.1 Å². The van der Waals surface area contributed by atoms with E-state index in [-0.39, 0.29) is 11.7 Å². The van der Waals surface area contributed by atoms with Crippen LogP contribution >= 0.6 is 0 Å². The lowest BCUT2D eigenvalue weighted by molar-refractivity contribution is -0.159.